The lowest BCUT2D eigenvalue weighted by molar-refractivity contribution is -0.114. The highest BCUT2D eigenvalue weighted by molar-refractivity contribution is 7.93. The summed E-state index contributed by atoms with van der Waals surface area (Å²) in [4.78, 5) is 16.9. The van der Waals surface area contributed by atoms with Crippen molar-refractivity contribution in [1.29, 1.82) is 0 Å². The van der Waals surface area contributed by atoms with Gasteiger partial charge in [0, 0.05) is 11.9 Å². The number of anilines is 3. The molecule has 2 N–H and O–H groups in total. The molecule has 4 aromatic rings. The second-order valence-corrected chi connectivity index (χ2v) is 12.0. The summed E-state index contributed by atoms with van der Waals surface area (Å²) in [5.41, 5.74) is 1.77. The van der Waals surface area contributed by atoms with Crippen molar-refractivity contribution in [2.24, 2.45) is 0 Å². The van der Waals surface area contributed by atoms with Crippen molar-refractivity contribution in [2.75, 3.05) is 28.0 Å². The number of amides is 1. The molecule has 4 rings (SSSR count). The van der Waals surface area contributed by atoms with Gasteiger partial charge in [-0.25, -0.2) is 16.8 Å². The number of benzene rings is 3. The summed E-state index contributed by atoms with van der Waals surface area (Å²) in [5, 5.41) is 2.63. The average Bonchev–Trinajstić information content (AvgIpc) is 2.92. The summed E-state index contributed by atoms with van der Waals surface area (Å²) in [6, 6.07) is 21.3. The van der Waals surface area contributed by atoms with E-state index in [2.05, 4.69) is 15.0 Å². The largest absolute Gasteiger partial charge is 0.497 e. The van der Waals surface area contributed by atoms with Crippen LogP contribution >= 0.6 is 0 Å². The third kappa shape index (κ3) is 6.72. The van der Waals surface area contributed by atoms with Crippen LogP contribution in [0.1, 0.15) is 5.56 Å². The van der Waals surface area contributed by atoms with Crippen LogP contribution in [0.3, 0.4) is 0 Å². The van der Waals surface area contributed by atoms with Gasteiger partial charge in [-0.1, -0.05) is 17.7 Å². The molecule has 1 aromatic heterocycles. The van der Waals surface area contributed by atoms with Crippen LogP contribution in [0.15, 0.2) is 107 Å². The number of ether oxygens (including phenoxy) is 1. The van der Waals surface area contributed by atoms with Crippen molar-refractivity contribution in [2.45, 2.75) is 16.7 Å². The minimum absolute atomic E-state index is 0.0221. The Morgan fingerprint density at radius 1 is 0.846 bits per heavy atom. The number of pyridine rings is 1. The first-order valence-electron chi connectivity index (χ1n) is 11.6. The van der Waals surface area contributed by atoms with Crippen molar-refractivity contribution in [3.63, 3.8) is 0 Å². The fourth-order valence-electron chi connectivity index (χ4n) is 3.59. The highest BCUT2D eigenvalue weighted by atomic mass is 32.2. The predicted octanol–water partition coefficient (Wildman–Crippen LogP) is 4.03. The van der Waals surface area contributed by atoms with Crippen molar-refractivity contribution < 1.29 is 26.4 Å². The first-order valence-corrected chi connectivity index (χ1v) is 14.6. The zero-order valence-corrected chi connectivity index (χ0v) is 22.7. The van der Waals surface area contributed by atoms with E-state index in [-0.39, 0.29) is 15.5 Å². The van der Waals surface area contributed by atoms with Crippen LogP contribution in [0.5, 0.6) is 5.75 Å². The Bertz CT molecular complexity index is 1640. The average molecular weight is 567 g/mol. The van der Waals surface area contributed by atoms with Crippen LogP contribution in [-0.2, 0) is 24.8 Å². The number of carbonyl (C=O) groups is 1. The molecule has 0 radical (unpaired) electrons. The van der Waals surface area contributed by atoms with Gasteiger partial charge in [-0.3, -0.25) is 18.8 Å². The van der Waals surface area contributed by atoms with Crippen LogP contribution in [0.25, 0.3) is 0 Å². The first kappa shape index (κ1) is 27.6. The number of rotatable bonds is 10. The van der Waals surface area contributed by atoms with Gasteiger partial charge in [0.1, 0.15) is 12.3 Å². The van der Waals surface area contributed by atoms with Crippen LogP contribution in [0.4, 0.5) is 17.1 Å². The molecule has 0 aliphatic rings. The number of nitrogens with zero attached hydrogens (tertiary/aromatic N) is 2. The van der Waals surface area contributed by atoms with Crippen molar-refractivity contribution in [3.05, 3.63) is 103 Å². The minimum Gasteiger partial charge on any atom is -0.497 e. The Labute approximate surface area is 227 Å². The van der Waals surface area contributed by atoms with Gasteiger partial charge in [-0.05, 0) is 79.7 Å². The quantitative estimate of drug-likeness (QED) is 0.296. The summed E-state index contributed by atoms with van der Waals surface area (Å²) < 4.78 is 60.9. The monoisotopic (exact) mass is 566 g/mol. The lowest BCUT2D eigenvalue weighted by Crippen LogP contribution is -2.38. The molecule has 0 aliphatic carbocycles. The van der Waals surface area contributed by atoms with Gasteiger partial charge in [0.25, 0.3) is 20.0 Å². The molecule has 0 atom stereocenters. The second-order valence-electron chi connectivity index (χ2n) is 8.44. The maximum atomic E-state index is 13.5. The Balaban J connectivity index is 1.54. The van der Waals surface area contributed by atoms with Crippen LogP contribution < -0.4 is 19.1 Å². The summed E-state index contributed by atoms with van der Waals surface area (Å²) in [5.74, 6) is -0.0884. The van der Waals surface area contributed by atoms with Gasteiger partial charge in [-0.15, -0.1) is 0 Å². The topological polar surface area (TPSA) is 135 Å². The third-order valence-electron chi connectivity index (χ3n) is 5.62. The van der Waals surface area contributed by atoms with Crippen LogP contribution in [0, 0.1) is 6.92 Å². The molecule has 12 heteroatoms. The van der Waals surface area contributed by atoms with Gasteiger partial charge in [0.15, 0.2) is 0 Å². The zero-order chi connectivity index (χ0) is 28.0. The van der Waals surface area contributed by atoms with E-state index in [0.717, 1.165) is 9.87 Å². The third-order valence-corrected chi connectivity index (χ3v) is 8.80. The number of methoxy groups -OCH3 is 1. The van der Waals surface area contributed by atoms with Crippen LogP contribution in [-0.4, -0.2) is 41.4 Å². The molecule has 39 heavy (non-hydrogen) atoms. The lowest BCUT2D eigenvalue weighted by Gasteiger charge is -2.24. The molecule has 0 aliphatic heterocycles. The maximum Gasteiger partial charge on any atom is 0.264 e. The van der Waals surface area contributed by atoms with Gasteiger partial charge >= 0.3 is 0 Å². The summed E-state index contributed by atoms with van der Waals surface area (Å²) >= 11 is 0. The van der Waals surface area contributed by atoms with Crippen molar-refractivity contribution in [3.8, 4) is 5.75 Å². The van der Waals surface area contributed by atoms with Gasteiger partial charge in [0.2, 0.25) is 5.91 Å². The molecule has 0 fully saturated rings. The molecule has 0 unspecified atom stereocenters. The van der Waals surface area contributed by atoms with E-state index in [0.29, 0.717) is 17.1 Å². The number of nitrogens with one attached hydrogen (secondary N) is 2. The number of hydrogen-bond acceptors (Lipinski definition) is 7. The van der Waals surface area contributed by atoms with E-state index in [1.165, 1.54) is 55.9 Å². The summed E-state index contributed by atoms with van der Waals surface area (Å²) in [7, 11) is -6.47. The standard InChI is InChI=1S/C27H26N4O6S2/c1-20-5-13-26(14-6-20)39(35,36)31(23-9-11-24(37-2)12-10-23)19-27(32)29-21-7-15-25(16-8-21)38(33,34)30-22-4-3-17-28-18-22/h3-18,30H,19H2,1-2H3,(H,29,32). The second kappa shape index (κ2) is 11.5. The van der Waals surface area contributed by atoms with E-state index in [9.17, 15) is 21.6 Å². The normalized spacial score (nSPS) is 11.4. The van der Waals surface area contributed by atoms with Crippen molar-refractivity contribution in [1.82, 2.24) is 4.98 Å². The highest BCUT2D eigenvalue weighted by Crippen LogP contribution is 2.26. The van der Waals surface area contributed by atoms with E-state index < -0.39 is 32.5 Å². The van der Waals surface area contributed by atoms with Gasteiger partial charge in [-0.2, -0.15) is 0 Å². The van der Waals surface area contributed by atoms with E-state index in [1.54, 1.807) is 48.5 Å². The summed E-state index contributed by atoms with van der Waals surface area (Å²) in [6.45, 7) is 1.32. The number of sulfonamides is 2. The first-order chi connectivity index (χ1) is 18.6. The lowest BCUT2D eigenvalue weighted by atomic mass is 10.2. The molecule has 0 spiro atoms. The Morgan fingerprint density at radius 2 is 1.49 bits per heavy atom. The van der Waals surface area contributed by atoms with E-state index in [4.69, 9.17) is 4.74 Å². The predicted molar refractivity (Wildman–Crippen MR) is 149 cm³/mol. The van der Waals surface area contributed by atoms with E-state index >= 15 is 0 Å². The molecule has 0 bridgehead atoms. The van der Waals surface area contributed by atoms with E-state index in [1.807, 2.05) is 6.92 Å². The smallest absolute Gasteiger partial charge is 0.264 e. The molecule has 1 amide bonds. The molecule has 0 saturated heterocycles. The van der Waals surface area contributed by atoms with Crippen molar-refractivity contribution >= 4 is 43.0 Å². The Kier molecular flexibility index (Phi) is 8.17. The number of carbonyl (C=O) groups excluding carboxylic acids is 1. The molecule has 0 saturated carbocycles. The fraction of sp³-hybridized carbons (Fsp3) is 0.111. The molecular formula is C27H26N4O6S2. The number of hydrogen-bond donors (Lipinski definition) is 2. The molecular weight excluding hydrogens is 540 g/mol. The fourth-order valence-corrected chi connectivity index (χ4v) is 6.05. The zero-order valence-electron chi connectivity index (χ0n) is 21.1. The Morgan fingerprint density at radius 3 is 2.08 bits per heavy atom. The van der Waals surface area contributed by atoms with Crippen LogP contribution in [0.2, 0.25) is 0 Å². The van der Waals surface area contributed by atoms with Gasteiger partial charge in [0.05, 0.1) is 34.5 Å². The summed E-state index contributed by atoms with van der Waals surface area (Å²) in [6.07, 6.45) is 2.91. The molecule has 1 heterocycles. The molecule has 202 valence electrons. The highest BCUT2D eigenvalue weighted by Gasteiger charge is 2.27. The SMILES string of the molecule is COc1ccc(N(CC(=O)Nc2ccc(S(=O)(=O)Nc3cccnc3)cc2)S(=O)(=O)c2ccc(C)cc2)cc1. The Hall–Kier alpha value is -4.42. The maximum absolute atomic E-state index is 13.5. The minimum atomic E-state index is -4.09. The molecule has 3 aromatic carbocycles. The number of aryl methyl sites for hydroxylation is 1. The number of aromatic nitrogens is 1. The van der Waals surface area contributed by atoms with Gasteiger partial charge < -0.3 is 10.1 Å². The molecule has 10 nitrogen and oxygen atoms in total.